The molecule has 3 N–H and O–H groups in total. The minimum atomic E-state index is -0.425. The summed E-state index contributed by atoms with van der Waals surface area (Å²) in [5, 5.41) is 5.16. The molecule has 0 radical (unpaired) electrons. The molecule has 27 heavy (non-hydrogen) atoms. The fourth-order valence-corrected chi connectivity index (χ4v) is 3.16. The topological polar surface area (TPSA) is 81.1 Å². The van der Waals surface area contributed by atoms with Gasteiger partial charge in [-0.1, -0.05) is 6.92 Å². The Labute approximate surface area is 161 Å². The lowest BCUT2D eigenvalue weighted by atomic mass is 9.99. The second-order valence-corrected chi connectivity index (χ2v) is 6.87. The minimum Gasteiger partial charge on any atom is -0.490 e. The largest absolute Gasteiger partial charge is 0.490 e. The lowest BCUT2D eigenvalue weighted by Gasteiger charge is -2.26. The molecule has 0 fully saturated rings. The highest BCUT2D eigenvalue weighted by molar-refractivity contribution is 5.94. The Hall–Kier alpha value is -2.28. The maximum absolute atomic E-state index is 12.2. The number of urea groups is 1. The third-order valence-corrected chi connectivity index (χ3v) is 4.71. The maximum Gasteiger partial charge on any atom is 0.321 e. The van der Waals surface area contributed by atoms with Crippen LogP contribution in [-0.2, 0) is 17.8 Å². The molecule has 0 spiro atoms. The van der Waals surface area contributed by atoms with Crippen molar-refractivity contribution < 1.29 is 24.0 Å². The Morgan fingerprint density at radius 3 is 2.33 bits per heavy atom. The van der Waals surface area contributed by atoms with Gasteiger partial charge in [-0.3, -0.25) is 10.1 Å². The van der Waals surface area contributed by atoms with Gasteiger partial charge in [0.1, 0.15) is 6.54 Å². The van der Waals surface area contributed by atoms with Gasteiger partial charge in [-0.05, 0) is 44.9 Å². The van der Waals surface area contributed by atoms with Gasteiger partial charge in [-0.2, -0.15) is 0 Å². The molecule has 1 aliphatic heterocycles. The average molecular weight is 378 g/mol. The summed E-state index contributed by atoms with van der Waals surface area (Å²) in [4.78, 5) is 25.1. The number of quaternary nitrogens is 1. The molecule has 0 bridgehead atoms. The normalized spacial score (nSPS) is 16.8. The van der Waals surface area contributed by atoms with E-state index in [1.165, 1.54) is 11.1 Å². The minimum absolute atomic E-state index is 0.0449. The summed E-state index contributed by atoms with van der Waals surface area (Å²) in [6, 6.07) is 3.70. The number of benzene rings is 1. The van der Waals surface area contributed by atoms with Crippen LogP contribution in [0.1, 0.15) is 45.2 Å². The quantitative estimate of drug-likeness (QED) is 0.632. The fraction of sp³-hybridized carbons (Fsp3) is 0.600. The monoisotopic (exact) mass is 378 g/mol. The van der Waals surface area contributed by atoms with Gasteiger partial charge in [0.05, 0.1) is 19.8 Å². The second kappa shape index (κ2) is 10.2. The smallest absolute Gasteiger partial charge is 0.321 e. The van der Waals surface area contributed by atoms with Crippen molar-refractivity contribution >= 4 is 11.9 Å². The molecule has 7 heteroatoms. The van der Waals surface area contributed by atoms with Crippen molar-refractivity contribution in [1.29, 1.82) is 0 Å². The lowest BCUT2D eigenvalue weighted by molar-refractivity contribution is -0.908. The average Bonchev–Trinajstić information content (AvgIpc) is 2.62. The molecule has 1 aliphatic rings. The van der Waals surface area contributed by atoms with E-state index in [4.69, 9.17) is 9.47 Å². The summed E-state index contributed by atoms with van der Waals surface area (Å²) < 4.78 is 11.4. The van der Waals surface area contributed by atoms with Gasteiger partial charge in [0, 0.05) is 18.0 Å². The first-order valence-electron chi connectivity index (χ1n) is 9.82. The molecule has 2 rings (SSSR count). The summed E-state index contributed by atoms with van der Waals surface area (Å²) >= 11 is 0. The molecule has 1 aromatic carbocycles. The number of hydrogen-bond acceptors (Lipinski definition) is 4. The number of carbonyl (C=O) groups excluding carboxylic acids is 2. The van der Waals surface area contributed by atoms with E-state index in [9.17, 15) is 9.59 Å². The lowest BCUT2D eigenvalue weighted by Crippen LogP contribution is -3.13. The zero-order valence-electron chi connectivity index (χ0n) is 16.8. The molecule has 0 saturated carbocycles. The van der Waals surface area contributed by atoms with Crippen LogP contribution in [0.4, 0.5) is 4.79 Å². The maximum atomic E-state index is 12.2. The zero-order valence-corrected chi connectivity index (χ0v) is 16.8. The van der Waals surface area contributed by atoms with Crippen LogP contribution < -0.4 is 25.0 Å². The number of carbonyl (C=O) groups is 2. The Morgan fingerprint density at radius 1 is 1.11 bits per heavy atom. The van der Waals surface area contributed by atoms with Gasteiger partial charge < -0.3 is 19.7 Å². The highest BCUT2D eigenvalue weighted by Gasteiger charge is 2.25. The van der Waals surface area contributed by atoms with Gasteiger partial charge in [0.25, 0.3) is 5.91 Å². The van der Waals surface area contributed by atoms with Gasteiger partial charge in [0.15, 0.2) is 18.0 Å². The first-order valence-corrected chi connectivity index (χ1v) is 9.82. The third kappa shape index (κ3) is 6.13. The van der Waals surface area contributed by atoms with Crippen LogP contribution in [0.5, 0.6) is 11.5 Å². The molecular formula is C20H32N3O4+. The van der Waals surface area contributed by atoms with Crippen LogP contribution in [0.15, 0.2) is 12.1 Å². The van der Waals surface area contributed by atoms with Crippen molar-refractivity contribution in [2.75, 3.05) is 26.3 Å². The highest BCUT2D eigenvalue weighted by Crippen LogP contribution is 2.32. The number of rotatable bonds is 8. The van der Waals surface area contributed by atoms with E-state index in [0.29, 0.717) is 13.2 Å². The van der Waals surface area contributed by atoms with Crippen molar-refractivity contribution in [3.63, 3.8) is 0 Å². The number of fused-ring (bicyclic) bond motifs is 1. The van der Waals surface area contributed by atoms with E-state index in [1.807, 2.05) is 33.8 Å². The van der Waals surface area contributed by atoms with Gasteiger partial charge in [-0.25, -0.2) is 4.79 Å². The molecule has 0 aromatic heterocycles. The van der Waals surface area contributed by atoms with Crippen LogP contribution >= 0.6 is 0 Å². The van der Waals surface area contributed by atoms with Crippen molar-refractivity contribution in [1.82, 2.24) is 10.6 Å². The number of hydrogen-bond donors (Lipinski definition) is 3. The van der Waals surface area contributed by atoms with Gasteiger partial charge >= 0.3 is 6.03 Å². The van der Waals surface area contributed by atoms with E-state index >= 15 is 0 Å². The van der Waals surface area contributed by atoms with Crippen LogP contribution in [0.3, 0.4) is 0 Å². The summed E-state index contributed by atoms with van der Waals surface area (Å²) in [6.45, 7) is 10.8. The standard InChI is InChI=1S/C20H31N3O4/c1-5-14(4)21-20(25)22-19(24)13-23-9-8-15-10-17(26-6-2)18(27-7-3)11-16(15)12-23/h10-11,14H,5-9,12-13H2,1-4H3,(H2,21,22,24,25)/p+1/t14-/m0/s1. The summed E-state index contributed by atoms with van der Waals surface area (Å²) in [5.41, 5.74) is 2.40. The van der Waals surface area contributed by atoms with Crippen LogP contribution in [0, 0.1) is 0 Å². The number of imide groups is 1. The number of nitrogens with one attached hydrogen (secondary N) is 3. The zero-order chi connectivity index (χ0) is 19.8. The van der Waals surface area contributed by atoms with Crippen molar-refractivity contribution in [2.24, 2.45) is 0 Å². The van der Waals surface area contributed by atoms with E-state index in [2.05, 4.69) is 16.7 Å². The molecular weight excluding hydrogens is 346 g/mol. The van der Waals surface area contributed by atoms with Crippen molar-refractivity contribution in [2.45, 2.75) is 53.1 Å². The molecule has 2 atom stereocenters. The van der Waals surface area contributed by atoms with E-state index < -0.39 is 6.03 Å². The fourth-order valence-electron chi connectivity index (χ4n) is 3.16. The summed E-state index contributed by atoms with van der Waals surface area (Å²) in [6.07, 6.45) is 1.69. The molecule has 1 unspecified atom stereocenters. The SMILES string of the molecule is CCOc1cc2c(cc1OCC)C[NH+](CC(=O)NC(=O)N[C@@H](C)CC)CC2. The first kappa shape index (κ1) is 21.0. The van der Waals surface area contributed by atoms with E-state index in [0.717, 1.165) is 42.3 Å². The van der Waals surface area contributed by atoms with Gasteiger partial charge in [0.2, 0.25) is 0 Å². The highest BCUT2D eigenvalue weighted by atomic mass is 16.5. The summed E-state index contributed by atoms with van der Waals surface area (Å²) in [5.74, 6) is 1.27. The van der Waals surface area contributed by atoms with Crippen LogP contribution in [0.25, 0.3) is 0 Å². The molecule has 1 heterocycles. The Bertz CT molecular complexity index is 663. The van der Waals surface area contributed by atoms with Crippen molar-refractivity contribution in [3.8, 4) is 11.5 Å². The number of amides is 3. The van der Waals surface area contributed by atoms with Crippen LogP contribution in [0.2, 0.25) is 0 Å². The van der Waals surface area contributed by atoms with Crippen molar-refractivity contribution in [3.05, 3.63) is 23.3 Å². The number of ether oxygens (including phenoxy) is 2. The molecule has 7 nitrogen and oxygen atoms in total. The van der Waals surface area contributed by atoms with E-state index in [1.54, 1.807) is 0 Å². The molecule has 0 aliphatic carbocycles. The predicted octanol–water partition coefficient (Wildman–Crippen LogP) is 1.05. The van der Waals surface area contributed by atoms with Gasteiger partial charge in [-0.15, -0.1) is 0 Å². The van der Waals surface area contributed by atoms with E-state index in [-0.39, 0.29) is 18.5 Å². The Balaban J connectivity index is 1.97. The Kier molecular flexibility index (Phi) is 7.91. The molecule has 0 saturated heterocycles. The Morgan fingerprint density at radius 2 is 1.74 bits per heavy atom. The second-order valence-electron chi connectivity index (χ2n) is 6.87. The molecule has 150 valence electrons. The predicted molar refractivity (Wildman–Crippen MR) is 103 cm³/mol. The third-order valence-electron chi connectivity index (χ3n) is 4.71. The summed E-state index contributed by atoms with van der Waals surface area (Å²) in [7, 11) is 0. The molecule has 1 aromatic rings. The molecule has 3 amide bonds. The first-order chi connectivity index (χ1) is 13.0. The van der Waals surface area contributed by atoms with Crippen LogP contribution in [-0.4, -0.2) is 44.3 Å².